The van der Waals surface area contributed by atoms with Crippen molar-refractivity contribution in [3.05, 3.63) is 35.9 Å². The zero-order valence-electron chi connectivity index (χ0n) is 11.5. The predicted octanol–water partition coefficient (Wildman–Crippen LogP) is 3.17. The van der Waals surface area contributed by atoms with Gasteiger partial charge >= 0.3 is 0 Å². The van der Waals surface area contributed by atoms with Crippen LogP contribution in [0.1, 0.15) is 37.7 Å². The summed E-state index contributed by atoms with van der Waals surface area (Å²) >= 11 is 0. The lowest BCUT2D eigenvalue weighted by Gasteiger charge is -2.20. The quantitative estimate of drug-likeness (QED) is 0.862. The molecule has 3 unspecified atom stereocenters. The topological polar surface area (TPSA) is 29.1 Å². The van der Waals surface area contributed by atoms with Crippen LogP contribution in [0.25, 0.3) is 0 Å². The average molecular weight is 257 g/mol. The van der Waals surface area contributed by atoms with E-state index in [0.29, 0.717) is 5.92 Å². The standard InChI is InChI=1S/C17H23NO/c19-17(12-16-11-14-6-7-15(16)10-14)18-9-8-13-4-2-1-3-5-13/h1-5,14-16H,6-12H2,(H,18,19). The molecule has 1 N–H and O–H groups in total. The molecule has 2 aliphatic carbocycles. The van der Waals surface area contributed by atoms with E-state index in [1.807, 2.05) is 18.2 Å². The maximum Gasteiger partial charge on any atom is 0.220 e. The molecule has 1 aromatic rings. The molecule has 102 valence electrons. The predicted molar refractivity (Wildman–Crippen MR) is 76.7 cm³/mol. The molecule has 2 nitrogen and oxygen atoms in total. The number of carbonyl (C=O) groups excluding carboxylic acids is 1. The van der Waals surface area contributed by atoms with Crippen LogP contribution < -0.4 is 5.32 Å². The molecule has 1 amide bonds. The first kappa shape index (κ1) is 12.7. The van der Waals surface area contributed by atoms with E-state index in [1.165, 1.54) is 31.2 Å². The molecule has 1 aromatic carbocycles. The van der Waals surface area contributed by atoms with Crippen LogP contribution in [-0.2, 0) is 11.2 Å². The molecule has 0 radical (unpaired) electrons. The molecule has 3 atom stereocenters. The number of amides is 1. The van der Waals surface area contributed by atoms with Crippen LogP contribution in [0.5, 0.6) is 0 Å². The molecule has 2 saturated carbocycles. The maximum absolute atomic E-state index is 12.0. The zero-order valence-corrected chi connectivity index (χ0v) is 11.5. The highest BCUT2D eigenvalue weighted by molar-refractivity contribution is 5.76. The highest BCUT2D eigenvalue weighted by atomic mass is 16.1. The minimum atomic E-state index is 0.258. The van der Waals surface area contributed by atoms with Gasteiger partial charge in [0.25, 0.3) is 0 Å². The Morgan fingerprint density at radius 1 is 1.16 bits per heavy atom. The van der Waals surface area contributed by atoms with E-state index < -0.39 is 0 Å². The average Bonchev–Trinajstić information content (AvgIpc) is 3.02. The third-order valence-electron chi connectivity index (χ3n) is 4.91. The van der Waals surface area contributed by atoms with Crippen molar-refractivity contribution in [1.82, 2.24) is 5.32 Å². The van der Waals surface area contributed by atoms with Gasteiger partial charge in [0, 0.05) is 13.0 Å². The summed E-state index contributed by atoms with van der Waals surface area (Å²) in [7, 11) is 0. The van der Waals surface area contributed by atoms with E-state index in [4.69, 9.17) is 0 Å². The van der Waals surface area contributed by atoms with Crippen molar-refractivity contribution in [2.24, 2.45) is 17.8 Å². The second-order valence-corrected chi connectivity index (χ2v) is 6.22. The van der Waals surface area contributed by atoms with E-state index in [1.54, 1.807) is 0 Å². The van der Waals surface area contributed by atoms with Crippen molar-refractivity contribution in [2.45, 2.75) is 38.5 Å². The maximum atomic E-state index is 12.0. The molecule has 0 heterocycles. The molecule has 2 bridgehead atoms. The Hall–Kier alpha value is -1.31. The monoisotopic (exact) mass is 257 g/mol. The Balaban J connectivity index is 1.38. The molecule has 2 fully saturated rings. The number of rotatable bonds is 5. The van der Waals surface area contributed by atoms with Crippen molar-refractivity contribution in [3.8, 4) is 0 Å². The Morgan fingerprint density at radius 3 is 2.68 bits per heavy atom. The molecule has 0 saturated heterocycles. The Morgan fingerprint density at radius 2 is 2.00 bits per heavy atom. The van der Waals surface area contributed by atoms with E-state index >= 15 is 0 Å². The Labute approximate surface area is 115 Å². The van der Waals surface area contributed by atoms with Crippen LogP contribution in [0.2, 0.25) is 0 Å². The molecule has 19 heavy (non-hydrogen) atoms. The molecule has 3 rings (SSSR count). The van der Waals surface area contributed by atoms with Crippen LogP contribution in [0, 0.1) is 17.8 Å². The fraction of sp³-hybridized carbons (Fsp3) is 0.588. The van der Waals surface area contributed by atoms with Crippen molar-refractivity contribution in [3.63, 3.8) is 0 Å². The van der Waals surface area contributed by atoms with E-state index in [-0.39, 0.29) is 5.91 Å². The van der Waals surface area contributed by atoms with Gasteiger partial charge in [-0.15, -0.1) is 0 Å². The number of benzene rings is 1. The minimum absolute atomic E-state index is 0.258. The third-order valence-corrected chi connectivity index (χ3v) is 4.91. The lowest BCUT2D eigenvalue weighted by Crippen LogP contribution is -2.28. The van der Waals surface area contributed by atoms with E-state index in [0.717, 1.165) is 31.2 Å². The van der Waals surface area contributed by atoms with Crippen LogP contribution in [0.3, 0.4) is 0 Å². The third kappa shape index (κ3) is 3.17. The second kappa shape index (κ2) is 5.77. The van der Waals surface area contributed by atoms with Crippen molar-refractivity contribution in [1.29, 1.82) is 0 Å². The first-order valence-corrected chi connectivity index (χ1v) is 7.62. The number of nitrogens with one attached hydrogen (secondary N) is 1. The lowest BCUT2D eigenvalue weighted by molar-refractivity contribution is -0.122. The highest BCUT2D eigenvalue weighted by Crippen LogP contribution is 2.49. The summed E-state index contributed by atoms with van der Waals surface area (Å²) in [6.07, 6.45) is 7.17. The summed E-state index contributed by atoms with van der Waals surface area (Å²) < 4.78 is 0. The van der Waals surface area contributed by atoms with Crippen LogP contribution >= 0.6 is 0 Å². The van der Waals surface area contributed by atoms with E-state index in [9.17, 15) is 4.79 Å². The van der Waals surface area contributed by atoms with Crippen molar-refractivity contribution in [2.75, 3.05) is 6.54 Å². The van der Waals surface area contributed by atoms with Crippen LogP contribution in [0.15, 0.2) is 30.3 Å². The summed E-state index contributed by atoms with van der Waals surface area (Å²) in [6, 6.07) is 10.3. The molecular formula is C17H23NO. The summed E-state index contributed by atoms with van der Waals surface area (Å²) in [6.45, 7) is 0.768. The molecule has 0 aliphatic heterocycles. The summed E-state index contributed by atoms with van der Waals surface area (Å²) in [5, 5.41) is 3.08. The number of hydrogen-bond acceptors (Lipinski definition) is 1. The Bertz CT molecular complexity index is 428. The van der Waals surface area contributed by atoms with Crippen molar-refractivity contribution >= 4 is 5.91 Å². The number of fused-ring (bicyclic) bond motifs is 2. The number of carbonyl (C=O) groups is 1. The number of hydrogen-bond donors (Lipinski definition) is 1. The fourth-order valence-electron chi connectivity index (χ4n) is 3.93. The van der Waals surface area contributed by atoms with Gasteiger partial charge in [-0.25, -0.2) is 0 Å². The van der Waals surface area contributed by atoms with Gasteiger partial charge in [0.1, 0.15) is 0 Å². The van der Waals surface area contributed by atoms with Gasteiger partial charge in [-0.3, -0.25) is 4.79 Å². The lowest BCUT2D eigenvalue weighted by atomic mass is 9.86. The Kier molecular flexibility index (Phi) is 3.86. The summed E-state index contributed by atoms with van der Waals surface area (Å²) in [4.78, 5) is 12.0. The molecule has 2 heteroatoms. The highest BCUT2D eigenvalue weighted by Gasteiger charge is 2.39. The van der Waals surface area contributed by atoms with Gasteiger partial charge in [0.05, 0.1) is 0 Å². The minimum Gasteiger partial charge on any atom is -0.356 e. The van der Waals surface area contributed by atoms with Gasteiger partial charge in [-0.1, -0.05) is 36.8 Å². The smallest absolute Gasteiger partial charge is 0.220 e. The van der Waals surface area contributed by atoms with Gasteiger partial charge in [0.15, 0.2) is 0 Å². The van der Waals surface area contributed by atoms with E-state index in [2.05, 4.69) is 17.4 Å². The van der Waals surface area contributed by atoms with Crippen LogP contribution in [-0.4, -0.2) is 12.5 Å². The zero-order chi connectivity index (χ0) is 13.1. The summed E-state index contributed by atoms with van der Waals surface area (Å²) in [5.74, 6) is 2.72. The van der Waals surface area contributed by atoms with Gasteiger partial charge in [-0.2, -0.15) is 0 Å². The van der Waals surface area contributed by atoms with Gasteiger partial charge < -0.3 is 5.32 Å². The molecule has 0 aromatic heterocycles. The first-order chi connectivity index (χ1) is 9.31. The normalized spacial score (nSPS) is 28.5. The fourth-order valence-corrected chi connectivity index (χ4v) is 3.93. The molecular weight excluding hydrogens is 234 g/mol. The van der Waals surface area contributed by atoms with Crippen molar-refractivity contribution < 1.29 is 4.79 Å². The van der Waals surface area contributed by atoms with Crippen LogP contribution in [0.4, 0.5) is 0 Å². The molecule has 2 aliphatic rings. The molecule has 0 spiro atoms. The summed E-state index contributed by atoms with van der Waals surface area (Å²) in [5.41, 5.74) is 1.29. The van der Waals surface area contributed by atoms with Gasteiger partial charge in [-0.05, 0) is 49.0 Å². The first-order valence-electron chi connectivity index (χ1n) is 7.62. The SMILES string of the molecule is O=C(CC1CC2CCC1C2)NCCc1ccccc1. The second-order valence-electron chi connectivity index (χ2n) is 6.22. The largest absolute Gasteiger partial charge is 0.356 e. The van der Waals surface area contributed by atoms with Gasteiger partial charge in [0.2, 0.25) is 5.91 Å².